The van der Waals surface area contributed by atoms with Gasteiger partial charge in [0, 0.05) is 19.4 Å². The summed E-state index contributed by atoms with van der Waals surface area (Å²) in [6.07, 6.45) is 0. The van der Waals surface area contributed by atoms with Crippen molar-refractivity contribution in [2.24, 2.45) is 5.16 Å². The summed E-state index contributed by atoms with van der Waals surface area (Å²) >= 11 is 1.51. The van der Waals surface area contributed by atoms with Crippen LogP contribution in [0, 0.1) is 5.21 Å². The van der Waals surface area contributed by atoms with E-state index in [0.717, 1.165) is 15.2 Å². The van der Waals surface area contributed by atoms with Crippen LogP contribution in [0.1, 0.15) is 24.3 Å². The van der Waals surface area contributed by atoms with Gasteiger partial charge in [-0.25, -0.2) is 0 Å². The number of hydroxylamine groups is 1. The summed E-state index contributed by atoms with van der Waals surface area (Å²) in [5.41, 5.74) is 1.71. The average molecular weight is 288 g/mol. The van der Waals surface area contributed by atoms with Crippen LogP contribution in [-0.4, -0.2) is 27.4 Å². The number of nitrogens with zero attached hydrogens (tertiary/aromatic N) is 2. The van der Waals surface area contributed by atoms with E-state index in [1.165, 1.54) is 11.3 Å². The normalized spacial score (nSPS) is 14.8. The van der Waals surface area contributed by atoms with Crippen molar-refractivity contribution in [3.63, 3.8) is 0 Å². The molecular weight excluding hydrogens is 272 g/mol. The van der Waals surface area contributed by atoms with Crippen LogP contribution in [0.5, 0.6) is 0 Å². The molecular formula is C15H16N2O2S. The Labute approximate surface area is 121 Å². The van der Waals surface area contributed by atoms with Crippen molar-refractivity contribution in [1.82, 2.24) is 0 Å². The fourth-order valence-corrected chi connectivity index (χ4v) is 2.71. The Morgan fingerprint density at radius 1 is 1.25 bits per heavy atom. The highest BCUT2D eigenvalue weighted by atomic mass is 32.1. The van der Waals surface area contributed by atoms with E-state index in [4.69, 9.17) is 0 Å². The topological polar surface area (TPSA) is 58.7 Å². The molecule has 104 valence electrons. The van der Waals surface area contributed by atoms with Crippen LogP contribution >= 0.6 is 11.3 Å². The zero-order chi connectivity index (χ0) is 14.5. The van der Waals surface area contributed by atoms with E-state index < -0.39 is 6.04 Å². The van der Waals surface area contributed by atoms with E-state index in [1.54, 1.807) is 13.8 Å². The lowest BCUT2D eigenvalue weighted by Gasteiger charge is -2.16. The zero-order valence-corrected chi connectivity index (χ0v) is 12.2. The molecule has 0 bridgehead atoms. The first-order valence-electron chi connectivity index (χ1n) is 6.26. The monoisotopic (exact) mass is 288 g/mol. The summed E-state index contributed by atoms with van der Waals surface area (Å²) in [6.45, 7) is 3.50. The molecule has 0 aliphatic heterocycles. The molecule has 1 atom stereocenters. The molecule has 1 aromatic heterocycles. The third-order valence-corrected chi connectivity index (χ3v) is 4.11. The van der Waals surface area contributed by atoms with Crippen LogP contribution in [0.2, 0.25) is 0 Å². The van der Waals surface area contributed by atoms with Gasteiger partial charge in [-0.2, -0.15) is 4.74 Å². The molecule has 0 aliphatic rings. The van der Waals surface area contributed by atoms with Gasteiger partial charge in [0.25, 0.3) is 0 Å². The molecule has 0 radical (unpaired) electrons. The second-order valence-corrected chi connectivity index (χ2v) is 5.36. The first-order chi connectivity index (χ1) is 9.65. The first-order valence-corrected chi connectivity index (χ1v) is 7.14. The van der Waals surface area contributed by atoms with Crippen molar-refractivity contribution in [1.29, 1.82) is 0 Å². The predicted molar refractivity (Wildman–Crippen MR) is 82.0 cm³/mol. The number of hydrogen-bond acceptors (Lipinski definition) is 4. The standard InChI is InChI=1S/C15H16N2O2S/c1-11(14-9-6-10-20-14)17(19)12(2)15(16-18)13-7-4-3-5-8-13/h3-10,12,18H,1-2H3/b16-15+,17-11-/t12-/m0/s1. The van der Waals surface area contributed by atoms with Gasteiger partial charge in [0.05, 0.1) is 4.88 Å². The molecule has 0 fully saturated rings. The first kappa shape index (κ1) is 14.3. The Hall–Kier alpha value is -2.14. The van der Waals surface area contributed by atoms with E-state index in [0.29, 0.717) is 11.4 Å². The minimum atomic E-state index is -0.565. The van der Waals surface area contributed by atoms with Crippen LogP contribution in [0.15, 0.2) is 53.0 Å². The lowest BCUT2D eigenvalue weighted by molar-refractivity contribution is -0.476. The highest BCUT2D eigenvalue weighted by Gasteiger charge is 2.23. The molecule has 2 rings (SSSR count). The minimum Gasteiger partial charge on any atom is -0.623 e. The summed E-state index contributed by atoms with van der Waals surface area (Å²) < 4.78 is 0.883. The van der Waals surface area contributed by atoms with Crippen LogP contribution in [0.25, 0.3) is 0 Å². The highest BCUT2D eigenvalue weighted by molar-refractivity contribution is 7.12. The molecule has 1 heterocycles. The van der Waals surface area contributed by atoms with E-state index >= 15 is 0 Å². The molecule has 0 amide bonds. The van der Waals surface area contributed by atoms with Crippen LogP contribution in [-0.2, 0) is 0 Å². The van der Waals surface area contributed by atoms with Crippen molar-refractivity contribution in [2.75, 3.05) is 0 Å². The molecule has 4 nitrogen and oxygen atoms in total. The number of benzene rings is 1. The number of rotatable bonds is 4. The van der Waals surface area contributed by atoms with Gasteiger partial charge in [0.1, 0.15) is 0 Å². The molecule has 1 aromatic carbocycles. The van der Waals surface area contributed by atoms with Crippen molar-refractivity contribution < 1.29 is 9.95 Å². The Balaban J connectivity index is 2.35. The molecule has 0 spiro atoms. The van der Waals surface area contributed by atoms with Gasteiger partial charge in [-0.05, 0) is 11.4 Å². The van der Waals surface area contributed by atoms with E-state index in [1.807, 2.05) is 47.8 Å². The van der Waals surface area contributed by atoms with Crippen LogP contribution < -0.4 is 0 Å². The molecule has 2 aromatic rings. The molecule has 0 saturated heterocycles. The second-order valence-electron chi connectivity index (χ2n) is 4.42. The fraction of sp³-hybridized carbons (Fsp3) is 0.200. The SMILES string of the molecule is C/C(c1cccs1)=[N+](/[O-])[C@@H](C)/C(=N\O)c1ccccc1. The van der Waals surface area contributed by atoms with Gasteiger partial charge in [-0.15, -0.1) is 11.3 Å². The molecule has 1 N–H and O–H groups in total. The maximum Gasteiger partial charge on any atom is 0.206 e. The summed E-state index contributed by atoms with van der Waals surface area (Å²) in [5.74, 6) is 0. The summed E-state index contributed by atoms with van der Waals surface area (Å²) in [6, 6.07) is 12.4. The Kier molecular flexibility index (Phi) is 4.53. The average Bonchev–Trinajstić information content (AvgIpc) is 3.01. The van der Waals surface area contributed by atoms with Gasteiger partial charge in [-0.1, -0.05) is 41.6 Å². The van der Waals surface area contributed by atoms with Crippen LogP contribution in [0.4, 0.5) is 0 Å². The molecule has 20 heavy (non-hydrogen) atoms. The van der Waals surface area contributed by atoms with Crippen molar-refractivity contribution in [3.05, 3.63) is 63.5 Å². The molecule has 0 unspecified atom stereocenters. The Morgan fingerprint density at radius 3 is 2.50 bits per heavy atom. The lowest BCUT2D eigenvalue weighted by Crippen LogP contribution is -2.32. The predicted octanol–water partition coefficient (Wildman–Crippen LogP) is 3.33. The number of oxime groups is 1. The fourth-order valence-electron chi connectivity index (χ4n) is 1.99. The van der Waals surface area contributed by atoms with Gasteiger partial charge >= 0.3 is 0 Å². The summed E-state index contributed by atoms with van der Waals surface area (Å²) in [7, 11) is 0. The van der Waals surface area contributed by atoms with Gasteiger partial charge in [0.15, 0.2) is 5.71 Å². The number of thiophene rings is 1. The van der Waals surface area contributed by atoms with Crippen molar-refractivity contribution in [2.45, 2.75) is 19.9 Å². The maximum absolute atomic E-state index is 12.4. The summed E-state index contributed by atoms with van der Waals surface area (Å²) in [4.78, 5) is 0.914. The Bertz CT molecular complexity index is 619. The van der Waals surface area contributed by atoms with Gasteiger partial charge in [-0.3, -0.25) is 0 Å². The van der Waals surface area contributed by atoms with Crippen molar-refractivity contribution >= 4 is 22.8 Å². The molecule has 0 aliphatic carbocycles. The highest BCUT2D eigenvalue weighted by Crippen LogP contribution is 2.13. The zero-order valence-electron chi connectivity index (χ0n) is 11.4. The third kappa shape index (κ3) is 2.88. The quantitative estimate of drug-likeness (QED) is 0.308. The minimum absolute atomic E-state index is 0.358. The molecule has 0 saturated carbocycles. The molecule has 5 heteroatoms. The van der Waals surface area contributed by atoms with Gasteiger partial charge < -0.3 is 10.4 Å². The van der Waals surface area contributed by atoms with Crippen molar-refractivity contribution in [3.8, 4) is 0 Å². The third-order valence-electron chi connectivity index (χ3n) is 3.13. The van der Waals surface area contributed by atoms with Gasteiger partial charge in [0.2, 0.25) is 11.8 Å². The lowest BCUT2D eigenvalue weighted by atomic mass is 10.0. The largest absolute Gasteiger partial charge is 0.623 e. The van der Waals surface area contributed by atoms with E-state index in [9.17, 15) is 10.4 Å². The number of hydrogen-bond donors (Lipinski definition) is 1. The van der Waals surface area contributed by atoms with Crippen LogP contribution in [0.3, 0.4) is 0 Å². The van der Waals surface area contributed by atoms with E-state index in [2.05, 4.69) is 5.16 Å². The second kappa shape index (κ2) is 6.34. The smallest absolute Gasteiger partial charge is 0.206 e. The maximum atomic E-state index is 12.4. The Morgan fingerprint density at radius 2 is 1.95 bits per heavy atom. The van der Waals surface area contributed by atoms with E-state index in [-0.39, 0.29) is 0 Å². The summed E-state index contributed by atoms with van der Waals surface area (Å²) in [5, 5.41) is 26.9.